The molecule has 0 saturated heterocycles. The molecule has 0 amide bonds. The summed E-state index contributed by atoms with van der Waals surface area (Å²) in [6, 6.07) is 27.8. The van der Waals surface area contributed by atoms with Crippen molar-refractivity contribution in [2.45, 2.75) is 12.2 Å². The van der Waals surface area contributed by atoms with Crippen LogP contribution in [0.1, 0.15) is 28.9 Å². The number of benzene rings is 3. The van der Waals surface area contributed by atoms with Crippen LogP contribution in [0.15, 0.2) is 85.1 Å². The Kier molecular flexibility index (Phi) is 3.32. The lowest BCUT2D eigenvalue weighted by Crippen LogP contribution is -2.37. The number of para-hydroxylation sites is 2. The smallest absolute Gasteiger partial charge is 0.106 e. The Labute approximate surface area is 146 Å². The third-order valence-electron chi connectivity index (χ3n) is 4.97. The fraction of sp³-hybridized carbons (Fsp3) is 0.0909. The Bertz CT molecular complexity index is 1020. The van der Waals surface area contributed by atoms with Gasteiger partial charge in [0, 0.05) is 28.4 Å². The van der Waals surface area contributed by atoms with Crippen molar-refractivity contribution in [3.8, 4) is 0 Å². The van der Waals surface area contributed by atoms with E-state index in [0.717, 1.165) is 5.52 Å². The molecule has 0 aliphatic carbocycles. The van der Waals surface area contributed by atoms with Crippen LogP contribution in [0.2, 0.25) is 0 Å². The molecule has 2 heterocycles. The molecule has 0 fully saturated rings. The maximum Gasteiger partial charge on any atom is 0.106 e. The number of fused-ring (bicyclic) bond motifs is 2. The van der Waals surface area contributed by atoms with E-state index >= 15 is 0 Å². The minimum atomic E-state index is 0.0521. The molecule has 3 N–H and O–H groups in total. The highest BCUT2D eigenvalue weighted by atomic mass is 15.2. The first-order valence-electron chi connectivity index (χ1n) is 8.62. The number of aromatic nitrogens is 1. The number of hydrogen-bond acceptors (Lipinski definition) is 2. The first-order valence-corrected chi connectivity index (χ1v) is 8.62. The quantitative estimate of drug-likeness (QED) is 0.487. The van der Waals surface area contributed by atoms with E-state index in [-0.39, 0.29) is 12.2 Å². The number of hydrogen-bond donors (Lipinski definition) is 3. The topological polar surface area (TPSA) is 39.9 Å². The Balaban J connectivity index is 1.62. The van der Waals surface area contributed by atoms with E-state index in [4.69, 9.17) is 0 Å². The van der Waals surface area contributed by atoms with Gasteiger partial charge in [0.1, 0.15) is 6.17 Å². The zero-order valence-corrected chi connectivity index (χ0v) is 13.7. The van der Waals surface area contributed by atoms with Gasteiger partial charge in [-0.05, 0) is 23.3 Å². The zero-order valence-electron chi connectivity index (χ0n) is 13.7. The number of H-pyrrole nitrogens is 1. The summed E-state index contributed by atoms with van der Waals surface area (Å²) in [5.41, 5.74) is 6.15. The van der Waals surface area contributed by atoms with Gasteiger partial charge in [0.15, 0.2) is 0 Å². The molecule has 1 aromatic heterocycles. The molecule has 122 valence electrons. The van der Waals surface area contributed by atoms with Gasteiger partial charge in [-0.3, -0.25) is 5.32 Å². The van der Waals surface area contributed by atoms with Crippen molar-refractivity contribution in [3.63, 3.8) is 0 Å². The highest BCUT2D eigenvalue weighted by molar-refractivity contribution is 5.84. The molecule has 3 nitrogen and oxygen atoms in total. The van der Waals surface area contributed by atoms with Crippen molar-refractivity contribution in [1.82, 2.24) is 10.3 Å². The predicted molar refractivity (Wildman–Crippen MR) is 103 cm³/mol. The maximum atomic E-state index is 3.79. The molecule has 5 rings (SSSR count). The van der Waals surface area contributed by atoms with Gasteiger partial charge in [0.05, 0.1) is 6.04 Å². The molecule has 1 aliphatic rings. The van der Waals surface area contributed by atoms with Crippen LogP contribution in [-0.2, 0) is 0 Å². The van der Waals surface area contributed by atoms with Gasteiger partial charge >= 0.3 is 0 Å². The van der Waals surface area contributed by atoms with Crippen LogP contribution < -0.4 is 10.6 Å². The Morgan fingerprint density at radius 1 is 0.680 bits per heavy atom. The molecule has 2 atom stereocenters. The van der Waals surface area contributed by atoms with Gasteiger partial charge in [-0.15, -0.1) is 0 Å². The average molecular weight is 325 g/mol. The Morgan fingerprint density at radius 3 is 2.36 bits per heavy atom. The van der Waals surface area contributed by atoms with Gasteiger partial charge in [-0.1, -0.05) is 66.7 Å². The lowest BCUT2D eigenvalue weighted by atomic mass is 9.93. The second kappa shape index (κ2) is 5.80. The third kappa shape index (κ3) is 2.41. The SMILES string of the molecule is c1ccc([C@H]2N[C@H](c3c[nH]c4ccccc34)Nc3ccccc32)cc1. The molecule has 0 unspecified atom stereocenters. The van der Waals surface area contributed by atoms with Gasteiger partial charge < -0.3 is 10.3 Å². The summed E-state index contributed by atoms with van der Waals surface area (Å²) in [5.74, 6) is 0. The van der Waals surface area contributed by atoms with Crippen molar-refractivity contribution in [3.05, 3.63) is 102 Å². The van der Waals surface area contributed by atoms with E-state index in [9.17, 15) is 0 Å². The summed E-state index contributed by atoms with van der Waals surface area (Å²) in [6.07, 6.45) is 2.15. The fourth-order valence-electron chi connectivity index (χ4n) is 3.76. The van der Waals surface area contributed by atoms with Crippen LogP contribution in [0.25, 0.3) is 10.9 Å². The van der Waals surface area contributed by atoms with Crippen LogP contribution >= 0.6 is 0 Å². The van der Waals surface area contributed by atoms with Gasteiger partial charge in [-0.25, -0.2) is 0 Å². The summed E-state index contributed by atoms with van der Waals surface area (Å²) in [7, 11) is 0. The van der Waals surface area contributed by atoms with E-state index in [1.165, 1.54) is 27.8 Å². The lowest BCUT2D eigenvalue weighted by Gasteiger charge is -2.35. The minimum Gasteiger partial charge on any atom is -0.366 e. The molecular formula is C22H19N3. The molecule has 3 heteroatoms. The van der Waals surface area contributed by atoms with Crippen molar-refractivity contribution < 1.29 is 0 Å². The standard InChI is InChI=1S/C22H19N3/c1-2-8-15(9-3-1)21-17-11-5-7-13-20(17)24-22(25-21)18-14-23-19-12-6-4-10-16(18)19/h1-14,21-25H/t21-,22-/m1/s1. The molecule has 0 bridgehead atoms. The Morgan fingerprint density at radius 2 is 1.44 bits per heavy atom. The Hall–Kier alpha value is -3.04. The average Bonchev–Trinajstić information content (AvgIpc) is 3.12. The highest BCUT2D eigenvalue weighted by Crippen LogP contribution is 2.37. The van der Waals surface area contributed by atoms with Crippen molar-refractivity contribution >= 4 is 16.6 Å². The zero-order chi connectivity index (χ0) is 16.6. The van der Waals surface area contributed by atoms with Gasteiger partial charge in [0.2, 0.25) is 0 Å². The number of nitrogens with one attached hydrogen (secondary N) is 3. The number of rotatable bonds is 2. The molecule has 0 saturated carbocycles. The molecular weight excluding hydrogens is 306 g/mol. The monoisotopic (exact) mass is 325 g/mol. The highest BCUT2D eigenvalue weighted by Gasteiger charge is 2.28. The van der Waals surface area contributed by atoms with Crippen LogP contribution in [0, 0.1) is 0 Å². The van der Waals surface area contributed by atoms with Crippen molar-refractivity contribution in [1.29, 1.82) is 0 Å². The molecule has 0 radical (unpaired) electrons. The van der Waals surface area contributed by atoms with Crippen LogP contribution in [-0.4, -0.2) is 4.98 Å². The van der Waals surface area contributed by atoms with Crippen LogP contribution in [0.5, 0.6) is 0 Å². The largest absolute Gasteiger partial charge is 0.366 e. The third-order valence-corrected chi connectivity index (χ3v) is 4.97. The number of anilines is 1. The molecule has 3 aromatic carbocycles. The summed E-state index contributed by atoms with van der Waals surface area (Å²) in [4.78, 5) is 3.38. The summed E-state index contributed by atoms with van der Waals surface area (Å²) >= 11 is 0. The van der Waals surface area contributed by atoms with E-state index in [1.807, 2.05) is 0 Å². The van der Waals surface area contributed by atoms with E-state index in [2.05, 4.69) is 101 Å². The molecule has 25 heavy (non-hydrogen) atoms. The van der Waals surface area contributed by atoms with Crippen molar-refractivity contribution in [2.75, 3.05) is 5.32 Å². The summed E-state index contributed by atoms with van der Waals surface area (Å²) in [5, 5.41) is 8.70. The normalized spacial score (nSPS) is 19.4. The second-order valence-electron chi connectivity index (χ2n) is 6.46. The van der Waals surface area contributed by atoms with Crippen LogP contribution in [0.3, 0.4) is 0 Å². The van der Waals surface area contributed by atoms with E-state index in [0.29, 0.717) is 0 Å². The molecule has 4 aromatic rings. The summed E-state index contributed by atoms with van der Waals surface area (Å²) < 4.78 is 0. The maximum absolute atomic E-state index is 3.79. The van der Waals surface area contributed by atoms with E-state index < -0.39 is 0 Å². The second-order valence-corrected chi connectivity index (χ2v) is 6.46. The summed E-state index contributed by atoms with van der Waals surface area (Å²) in [6.45, 7) is 0. The van der Waals surface area contributed by atoms with Crippen molar-refractivity contribution in [2.24, 2.45) is 0 Å². The van der Waals surface area contributed by atoms with Crippen LogP contribution in [0.4, 0.5) is 5.69 Å². The first-order chi connectivity index (χ1) is 12.4. The van der Waals surface area contributed by atoms with Gasteiger partial charge in [0.25, 0.3) is 0 Å². The predicted octanol–water partition coefficient (Wildman–Crippen LogP) is 4.97. The number of aromatic amines is 1. The van der Waals surface area contributed by atoms with Gasteiger partial charge in [-0.2, -0.15) is 0 Å². The molecule has 1 aliphatic heterocycles. The fourth-order valence-corrected chi connectivity index (χ4v) is 3.76. The molecule has 0 spiro atoms. The first kappa shape index (κ1) is 14.3. The van der Waals surface area contributed by atoms with E-state index in [1.54, 1.807) is 0 Å². The lowest BCUT2D eigenvalue weighted by molar-refractivity contribution is 0.508. The minimum absolute atomic E-state index is 0.0521.